The minimum Gasteiger partial charge on any atom is -0.344 e. The van der Waals surface area contributed by atoms with Crippen molar-refractivity contribution in [3.63, 3.8) is 0 Å². The molecule has 6 nitrogen and oxygen atoms in total. The van der Waals surface area contributed by atoms with Crippen LogP contribution in [0, 0.1) is 0 Å². The summed E-state index contributed by atoms with van der Waals surface area (Å²) in [6.07, 6.45) is 3.33. The fourth-order valence-corrected chi connectivity index (χ4v) is 2.31. The molecule has 0 fully saturated rings. The standard InChI is InChI=1S/C18H16N4O2/c1-12(13-7-9-19-10-8-13)20-18(24)15-11-16(23)22-17(21-15)14-5-3-2-4-6-14/h2-12H,1H3,(H,20,24)(H,21,22,23). The van der Waals surface area contributed by atoms with Crippen molar-refractivity contribution in [2.45, 2.75) is 13.0 Å². The van der Waals surface area contributed by atoms with Gasteiger partial charge in [-0.05, 0) is 24.6 Å². The molecule has 1 atom stereocenters. The van der Waals surface area contributed by atoms with E-state index in [2.05, 4.69) is 20.3 Å². The van der Waals surface area contributed by atoms with Crippen LogP contribution in [-0.4, -0.2) is 20.9 Å². The molecule has 120 valence electrons. The van der Waals surface area contributed by atoms with Gasteiger partial charge in [0.15, 0.2) is 0 Å². The van der Waals surface area contributed by atoms with E-state index in [9.17, 15) is 9.59 Å². The second-order valence-corrected chi connectivity index (χ2v) is 5.32. The van der Waals surface area contributed by atoms with Crippen LogP contribution >= 0.6 is 0 Å². The van der Waals surface area contributed by atoms with Crippen LogP contribution in [0.25, 0.3) is 11.4 Å². The number of aromatic amines is 1. The van der Waals surface area contributed by atoms with E-state index in [1.807, 2.05) is 49.4 Å². The van der Waals surface area contributed by atoms with Gasteiger partial charge in [0.25, 0.3) is 11.5 Å². The summed E-state index contributed by atoms with van der Waals surface area (Å²) in [4.78, 5) is 35.2. The fourth-order valence-electron chi connectivity index (χ4n) is 2.31. The number of H-pyrrole nitrogens is 1. The van der Waals surface area contributed by atoms with Crippen molar-refractivity contribution in [3.05, 3.63) is 82.5 Å². The third-order valence-corrected chi connectivity index (χ3v) is 3.58. The van der Waals surface area contributed by atoms with Gasteiger partial charge in [-0.15, -0.1) is 0 Å². The molecule has 0 aliphatic rings. The molecule has 0 aliphatic heterocycles. The zero-order valence-corrected chi connectivity index (χ0v) is 13.1. The Morgan fingerprint density at radius 2 is 1.83 bits per heavy atom. The van der Waals surface area contributed by atoms with Crippen LogP contribution in [0.15, 0.2) is 65.7 Å². The Labute approximate surface area is 138 Å². The van der Waals surface area contributed by atoms with Gasteiger partial charge in [-0.3, -0.25) is 14.6 Å². The maximum absolute atomic E-state index is 12.4. The molecule has 0 saturated heterocycles. The first-order chi connectivity index (χ1) is 11.6. The average Bonchev–Trinajstić information content (AvgIpc) is 2.62. The lowest BCUT2D eigenvalue weighted by molar-refractivity contribution is 0.0934. The molecule has 0 bridgehead atoms. The van der Waals surface area contributed by atoms with Crippen LogP contribution in [0.4, 0.5) is 0 Å². The Balaban J connectivity index is 1.85. The molecule has 1 unspecified atom stereocenters. The Kier molecular flexibility index (Phi) is 4.47. The minimum atomic E-state index is -0.400. The van der Waals surface area contributed by atoms with Gasteiger partial charge in [-0.2, -0.15) is 0 Å². The molecule has 3 aromatic rings. The summed E-state index contributed by atoms with van der Waals surface area (Å²) >= 11 is 0. The van der Waals surface area contributed by atoms with Gasteiger partial charge >= 0.3 is 0 Å². The molecule has 1 aromatic carbocycles. The molecule has 6 heteroatoms. The summed E-state index contributed by atoms with van der Waals surface area (Å²) in [5.41, 5.74) is 1.38. The molecule has 0 radical (unpaired) electrons. The van der Waals surface area contributed by atoms with Crippen LogP contribution in [-0.2, 0) is 0 Å². The Morgan fingerprint density at radius 3 is 2.54 bits per heavy atom. The largest absolute Gasteiger partial charge is 0.344 e. The van der Waals surface area contributed by atoms with Gasteiger partial charge in [0, 0.05) is 24.0 Å². The highest BCUT2D eigenvalue weighted by atomic mass is 16.2. The summed E-state index contributed by atoms with van der Waals surface area (Å²) in [6, 6.07) is 13.8. The van der Waals surface area contributed by atoms with Crippen molar-refractivity contribution in [2.24, 2.45) is 0 Å². The molecule has 24 heavy (non-hydrogen) atoms. The molecular weight excluding hydrogens is 304 g/mol. The lowest BCUT2D eigenvalue weighted by Gasteiger charge is -2.14. The van der Waals surface area contributed by atoms with E-state index < -0.39 is 5.91 Å². The summed E-state index contributed by atoms with van der Waals surface area (Å²) in [7, 11) is 0. The Morgan fingerprint density at radius 1 is 1.12 bits per heavy atom. The van der Waals surface area contributed by atoms with Gasteiger partial charge in [0.05, 0.1) is 6.04 Å². The molecule has 0 saturated carbocycles. The molecule has 0 aliphatic carbocycles. The topological polar surface area (TPSA) is 87.7 Å². The number of pyridine rings is 1. The summed E-state index contributed by atoms with van der Waals surface area (Å²) < 4.78 is 0. The predicted molar refractivity (Wildman–Crippen MR) is 90.4 cm³/mol. The molecular formula is C18H16N4O2. The van der Waals surface area contributed by atoms with E-state index in [-0.39, 0.29) is 17.3 Å². The van der Waals surface area contributed by atoms with Crippen LogP contribution in [0.5, 0.6) is 0 Å². The summed E-state index contributed by atoms with van der Waals surface area (Å²) in [5.74, 6) is -0.0348. The zero-order chi connectivity index (χ0) is 16.9. The molecule has 2 aromatic heterocycles. The van der Waals surface area contributed by atoms with E-state index in [1.165, 1.54) is 6.07 Å². The van der Waals surface area contributed by atoms with E-state index in [0.717, 1.165) is 11.1 Å². The predicted octanol–water partition coefficient (Wildman–Crippen LogP) is 2.32. The molecule has 0 spiro atoms. The summed E-state index contributed by atoms with van der Waals surface area (Å²) in [6.45, 7) is 1.86. The number of hydrogen-bond acceptors (Lipinski definition) is 4. The van der Waals surface area contributed by atoms with Crippen molar-refractivity contribution in [3.8, 4) is 11.4 Å². The quantitative estimate of drug-likeness (QED) is 0.772. The maximum Gasteiger partial charge on any atom is 0.270 e. The Bertz CT molecular complexity index is 892. The van der Waals surface area contributed by atoms with Gasteiger partial charge in [0.2, 0.25) is 0 Å². The zero-order valence-electron chi connectivity index (χ0n) is 13.1. The van der Waals surface area contributed by atoms with E-state index >= 15 is 0 Å². The number of aromatic nitrogens is 3. The number of rotatable bonds is 4. The smallest absolute Gasteiger partial charge is 0.270 e. The lowest BCUT2D eigenvalue weighted by atomic mass is 10.1. The van der Waals surface area contributed by atoms with Gasteiger partial charge in [-0.25, -0.2) is 4.98 Å². The summed E-state index contributed by atoms with van der Waals surface area (Å²) in [5, 5.41) is 2.84. The second kappa shape index (κ2) is 6.87. The molecule has 3 rings (SSSR count). The van der Waals surface area contributed by atoms with Crippen LogP contribution in [0.1, 0.15) is 29.0 Å². The molecule has 2 heterocycles. The first-order valence-corrected chi connectivity index (χ1v) is 7.51. The first kappa shape index (κ1) is 15.6. The molecule has 1 amide bonds. The number of carbonyl (C=O) groups excluding carboxylic acids is 1. The number of amides is 1. The second-order valence-electron chi connectivity index (χ2n) is 5.32. The third-order valence-electron chi connectivity index (χ3n) is 3.58. The van der Waals surface area contributed by atoms with Crippen LogP contribution < -0.4 is 10.9 Å². The monoisotopic (exact) mass is 320 g/mol. The number of carbonyl (C=O) groups is 1. The van der Waals surface area contributed by atoms with E-state index in [0.29, 0.717) is 5.82 Å². The van der Waals surface area contributed by atoms with Gasteiger partial charge in [-0.1, -0.05) is 30.3 Å². The van der Waals surface area contributed by atoms with E-state index in [4.69, 9.17) is 0 Å². The fraction of sp³-hybridized carbons (Fsp3) is 0.111. The lowest BCUT2D eigenvalue weighted by Crippen LogP contribution is -2.29. The van der Waals surface area contributed by atoms with Crippen molar-refractivity contribution in [1.82, 2.24) is 20.3 Å². The maximum atomic E-state index is 12.4. The molecule has 2 N–H and O–H groups in total. The number of benzene rings is 1. The normalized spacial score (nSPS) is 11.7. The van der Waals surface area contributed by atoms with Crippen molar-refractivity contribution in [1.29, 1.82) is 0 Å². The van der Waals surface area contributed by atoms with Crippen molar-refractivity contribution >= 4 is 5.91 Å². The van der Waals surface area contributed by atoms with Gasteiger partial charge in [0.1, 0.15) is 11.5 Å². The minimum absolute atomic E-state index is 0.0820. The number of hydrogen-bond donors (Lipinski definition) is 2. The van der Waals surface area contributed by atoms with Crippen molar-refractivity contribution in [2.75, 3.05) is 0 Å². The number of nitrogens with zero attached hydrogens (tertiary/aromatic N) is 2. The van der Waals surface area contributed by atoms with Crippen LogP contribution in [0.2, 0.25) is 0 Å². The Hall–Kier alpha value is -3.28. The SMILES string of the molecule is CC(NC(=O)c1cc(=O)[nH]c(-c2ccccc2)n1)c1ccncc1. The highest BCUT2D eigenvalue weighted by Crippen LogP contribution is 2.14. The number of nitrogens with one attached hydrogen (secondary N) is 2. The highest BCUT2D eigenvalue weighted by molar-refractivity contribution is 5.92. The average molecular weight is 320 g/mol. The van der Waals surface area contributed by atoms with E-state index in [1.54, 1.807) is 12.4 Å². The third kappa shape index (κ3) is 3.55. The first-order valence-electron chi connectivity index (χ1n) is 7.51. The highest BCUT2D eigenvalue weighted by Gasteiger charge is 2.14. The van der Waals surface area contributed by atoms with Crippen molar-refractivity contribution < 1.29 is 4.79 Å². The van der Waals surface area contributed by atoms with Gasteiger partial charge < -0.3 is 10.3 Å². The van der Waals surface area contributed by atoms with Crippen LogP contribution in [0.3, 0.4) is 0 Å².